The van der Waals surface area contributed by atoms with Crippen LogP contribution < -0.4 is 0 Å². The molecule has 1 aliphatic rings. The maximum Gasteiger partial charge on any atom is 0.214 e. The van der Waals surface area contributed by atoms with Gasteiger partial charge >= 0.3 is 0 Å². The van der Waals surface area contributed by atoms with E-state index in [0.29, 0.717) is 6.54 Å². The maximum absolute atomic E-state index is 12.3. The molecule has 0 aromatic carbocycles. The van der Waals surface area contributed by atoms with E-state index in [1.807, 2.05) is 31.4 Å². The van der Waals surface area contributed by atoms with Crippen molar-refractivity contribution in [2.24, 2.45) is 5.92 Å². The zero-order valence-corrected chi connectivity index (χ0v) is 11.9. The SMILES string of the molecule is CC(C)CS(=O)(=O)N1CCC[C@H]1c1cccs1. The van der Waals surface area contributed by atoms with Crippen LogP contribution in [0.25, 0.3) is 0 Å². The summed E-state index contributed by atoms with van der Waals surface area (Å²) in [6.45, 7) is 4.58. The minimum atomic E-state index is -3.09. The molecule has 0 unspecified atom stereocenters. The van der Waals surface area contributed by atoms with Crippen LogP contribution in [0.4, 0.5) is 0 Å². The molecule has 0 bridgehead atoms. The van der Waals surface area contributed by atoms with Crippen molar-refractivity contribution in [1.29, 1.82) is 0 Å². The van der Waals surface area contributed by atoms with Crippen molar-refractivity contribution in [1.82, 2.24) is 4.31 Å². The molecule has 0 radical (unpaired) electrons. The number of sulfonamides is 1. The fraction of sp³-hybridized carbons (Fsp3) is 0.667. The van der Waals surface area contributed by atoms with Gasteiger partial charge in [-0.05, 0) is 30.2 Å². The van der Waals surface area contributed by atoms with E-state index in [0.717, 1.165) is 12.8 Å². The molecule has 0 saturated carbocycles. The molecular weight excluding hydrogens is 254 g/mol. The third-order valence-electron chi connectivity index (χ3n) is 2.98. The van der Waals surface area contributed by atoms with E-state index in [1.165, 1.54) is 4.88 Å². The number of nitrogens with zero attached hydrogens (tertiary/aromatic N) is 1. The highest BCUT2D eigenvalue weighted by atomic mass is 32.2. The second kappa shape index (κ2) is 5.08. The molecule has 0 N–H and O–H groups in total. The predicted molar refractivity (Wildman–Crippen MR) is 71.6 cm³/mol. The Hall–Kier alpha value is -0.390. The largest absolute Gasteiger partial charge is 0.214 e. The van der Waals surface area contributed by atoms with Gasteiger partial charge in [-0.1, -0.05) is 19.9 Å². The Morgan fingerprint density at radius 1 is 1.53 bits per heavy atom. The maximum atomic E-state index is 12.3. The van der Waals surface area contributed by atoms with Crippen molar-refractivity contribution in [3.05, 3.63) is 22.4 Å². The lowest BCUT2D eigenvalue weighted by atomic mass is 10.2. The van der Waals surface area contributed by atoms with Crippen molar-refractivity contribution < 1.29 is 8.42 Å². The molecule has 1 aliphatic heterocycles. The fourth-order valence-electron chi connectivity index (χ4n) is 2.36. The van der Waals surface area contributed by atoms with E-state index >= 15 is 0 Å². The molecule has 1 saturated heterocycles. The first-order valence-electron chi connectivity index (χ1n) is 6.03. The molecule has 3 nitrogen and oxygen atoms in total. The second-order valence-electron chi connectivity index (χ2n) is 4.96. The highest BCUT2D eigenvalue weighted by molar-refractivity contribution is 7.89. The van der Waals surface area contributed by atoms with Crippen LogP contribution in [0.1, 0.15) is 37.6 Å². The lowest BCUT2D eigenvalue weighted by Gasteiger charge is -2.24. The molecule has 0 amide bonds. The molecule has 17 heavy (non-hydrogen) atoms. The van der Waals surface area contributed by atoms with Crippen LogP contribution in [0.2, 0.25) is 0 Å². The molecule has 5 heteroatoms. The summed E-state index contributed by atoms with van der Waals surface area (Å²) >= 11 is 1.65. The zero-order valence-electron chi connectivity index (χ0n) is 10.3. The molecule has 1 atom stereocenters. The first-order chi connectivity index (χ1) is 8.00. The van der Waals surface area contributed by atoms with Crippen molar-refractivity contribution in [2.75, 3.05) is 12.3 Å². The summed E-state index contributed by atoms with van der Waals surface area (Å²) < 4.78 is 26.3. The Morgan fingerprint density at radius 3 is 2.88 bits per heavy atom. The first kappa shape index (κ1) is 13.1. The van der Waals surface area contributed by atoms with Gasteiger partial charge in [-0.3, -0.25) is 0 Å². The van der Waals surface area contributed by atoms with Crippen LogP contribution in [0.5, 0.6) is 0 Å². The number of rotatable bonds is 4. The monoisotopic (exact) mass is 273 g/mol. The summed E-state index contributed by atoms with van der Waals surface area (Å²) in [5.74, 6) is 0.444. The number of thiophene rings is 1. The summed E-state index contributed by atoms with van der Waals surface area (Å²) in [5, 5.41) is 2.01. The van der Waals surface area contributed by atoms with Gasteiger partial charge in [0.05, 0.1) is 11.8 Å². The van der Waals surface area contributed by atoms with Gasteiger partial charge in [-0.2, -0.15) is 4.31 Å². The van der Waals surface area contributed by atoms with E-state index in [2.05, 4.69) is 0 Å². The van der Waals surface area contributed by atoms with Gasteiger partial charge in [-0.25, -0.2) is 8.42 Å². The summed E-state index contributed by atoms with van der Waals surface area (Å²) in [6, 6.07) is 4.11. The van der Waals surface area contributed by atoms with Crippen LogP contribution in [0.3, 0.4) is 0 Å². The molecule has 1 aromatic rings. The normalized spacial score (nSPS) is 22.4. The van der Waals surface area contributed by atoms with Crippen LogP contribution >= 0.6 is 11.3 Å². The van der Waals surface area contributed by atoms with E-state index < -0.39 is 10.0 Å². The smallest absolute Gasteiger partial charge is 0.212 e. The number of hydrogen-bond donors (Lipinski definition) is 0. The summed E-state index contributed by atoms with van der Waals surface area (Å²) in [6.07, 6.45) is 1.93. The van der Waals surface area contributed by atoms with Crippen LogP contribution in [0, 0.1) is 5.92 Å². The van der Waals surface area contributed by atoms with Crippen LogP contribution in [0.15, 0.2) is 17.5 Å². The molecule has 96 valence electrons. The van der Waals surface area contributed by atoms with Crippen molar-refractivity contribution in [2.45, 2.75) is 32.7 Å². The average Bonchev–Trinajstić information content (AvgIpc) is 2.86. The minimum Gasteiger partial charge on any atom is -0.212 e. The Labute approximate surface area is 108 Å². The first-order valence-corrected chi connectivity index (χ1v) is 8.52. The quantitative estimate of drug-likeness (QED) is 0.846. The summed E-state index contributed by atoms with van der Waals surface area (Å²) in [4.78, 5) is 1.18. The lowest BCUT2D eigenvalue weighted by molar-refractivity contribution is 0.397. The Balaban J connectivity index is 2.20. The van der Waals surface area contributed by atoms with E-state index in [9.17, 15) is 8.42 Å². The van der Waals surface area contributed by atoms with Gasteiger partial charge in [0.15, 0.2) is 0 Å². The Bertz CT molecular complexity index is 451. The zero-order chi connectivity index (χ0) is 12.5. The predicted octanol–water partition coefficient (Wildman–Crippen LogP) is 2.87. The van der Waals surface area contributed by atoms with Crippen LogP contribution in [-0.4, -0.2) is 25.0 Å². The van der Waals surface area contributed by atoms with Gasteiger partial charge in [-0.15, -0.1) is 11.3 Å². The lowest BCUT2D eigenvalue weighted by Crippen LogP contribution is -2.33. The van der Waals surface area contributed by atoms with E-state index in [-0.39, 0.29) is 17.7 Å². The molecule has 1 aromatic heterocycles. The van der Waals surface area contributed by atoms with Gasteiger partial charge in [0.1, 0.15) is 0 Å². The molecule has 2 rings (SSSR count). The summed E-state index contributed by atoms with van der Waals surface area (Å²) in [7, 11) is -3.09. The molecule has 2 heterocycles. The number of hydrogen-bond acceptors (Lipinski definition) is 3. The topological polar surface area (TPSA) is 37.4 Å². The van der Waals surface area contributed by atoms with E-state index in [4.69, 9.17) is 0 Å². The third kappa shape index (κ3) is 2.89. The summed E-state index contributed by atoms with van der Waals surface area (Å²) in [5.41, 5.74) is 0. The molecule has 0 spiro atoms. The highest BCUT2D eigenvalue weighted by Gasteiger charge is 2.35. The third-order valence-corrected chi connectivity index (χ3v) is 6.19. The molecule has 1 fully saturated rings. The van der Waals surface area contributed by atoms with Crippen molar-refractivity contribution in [3.8, 4) is 0 Å². The highest BCUT2D eigenvalue weighted by Crippen LogP contribution is 2.36. The minimum absolute atomic E-state index is 0.0822. The van der Waals surface area contributed by atoms with Gasteiger partial charge in [0, 0.05) is 11.4 Å². The Kier molecular flexibility index (Phi) is 3.90. The fourth-order valence-corrected chi connectivity index (χ4v) is 5.34. The van der Waals surface area contributed by atoms with Gasteiger partial charge in [0.2, 0.25) is 10.0 Å². The van der Waals surface area contributed by atoms with Crippen LogP contribution in [-0.2, 0) is 10.0 Å². The second-order valence-corrected chi connectivity index (χ2v) is 7.90. The standard InChI is InChI=1S/C12H19NO2S2/c1-10(2)9-17(14,15)13-7-3-5-11(13)12-6-4-8-16-12/h4,6,8,10-11H,3,5,7,9H2,1-2H3/t11-/m0/s1. The molecular formula is C12H19NO2S2. The van der Waals surface area contributed by atoms with Gasteiger partial charge in [0.25, 0.3) is 0 Å². The van der Waals surface area contributed by atoms with Crippen molar-refractivity contribution in [3.63, 3.8) is 0 Å². The Morgan fingerprint density at radius 2 is 2.29 bits per heavy atom. The average molecular weight is 273 g/mol. The molecule has 0 aliphatic carbocycles. The van der Waals surface area contributed by atoms with Crippen molar-refractivity contribution >= 4 is 21.4 Å². The van der Waals surface area contributed by atoms with E-state index in [1.54, 1.807) is 15.6 Å². The van der Waals surface area contributed by atoms with Gasteiger partial charge < -0.3 is 0 Å².